The van der Waals surface area contributed by atoms with Gasteiger partial charge in [0.2, 0.25) is 5.95 Å². The van der Waals surface area contributed by atoms with Crippen LogP contribution in [0.2, 0.25) is 0 Å². The predicted octanol–water partition coefficient (Wildman–Crippen LogP) is 3.88. The van der Waals surface area contributed by atoms with Gasteiger partial charge < -0.3 is 9.64 Å². The fraction of sp³-hybridized carbons (Fsp3) is 0.211. The van der Waals surface area contributed by atoms with Crippen LogP contribution >= 0.6 is 0 Å². The molecule has 0 fully saturated rings. The van der Waals surface area contributed by atoms with Crippen molar-refractivity contribution in [2.24, 2.45) is 0 Å². The number of anilines is 1. The quantitative estimate of drug-likeness (QED) is 0.706. The molecular weight excluding hydrogens is 319 g/mol. The van der Waals surface area contributed by atoms with Crippen LogP contribution in [0.3, 0.4) is 0 Å². The Morgan fingerprint density at radius 2 is 1.80 bits per heavy atom. The summed E-state index contributed by atoms with van der Waals surface area (Å²) >= 11 is 0. The van der Waals surface area contributed by atoms with Crippen LogP contribution in [0.25, 0.3) is 11.3 Å². The van der Waals surface area contributed by atoms with Gasteiger partial charge in [0.05, 0.1) is 25.0 Å². The molecule has 0 aliphatic rings. The van der Waals surface area contributed by atoms with Crippen LogP contribution < -0.4 is 9.64 Å². The molecule has 0 N–H and O–H groups in total. The van der Waals surface area contributed by atoms with Crippen molar-refractivity contribution in [3.05, 3.63) is 66.1 Å². The lowest BCUT2D eigenvalue weighted by Gasteiger charge is -2.26. The Labute approximate surface area is 146 Å². The highest BCUT2D eigenvalue weighted by molar-refractivity contribution is 5.60. The predicted molar refractivity (Wildman–Crippen MR) is 95.0 cm³/mol. The molecule has 1 heterocycles. The van der Waals surface area contributed by atoms with Gasteiger partial charge in [-0.3, -0.25) is 0 Å². The SMILES string of the molecule is COc1ccccc1C(C)N(C)c1nncc(-c2ccccc2F)n1. The minimum absolute atomic E-state index is 0.0474. The zero-order valence-electron chi connectivity index (χ0n) is 14.3. The standard InChI is InChI=1S/C19H19FN4O/c1-13(14-8-5-7-11-18(14)25-3)24(2)19-22-17(12-21-23-19)15-9-4-6-10-16(15)20/h4-13H,1-3H3. The van der Waals surface area contributed by atoms with Crippen molar-refractivity contribution in [1.82, 2.24) is 15.2 Å². The van der Waals surface area contributed by atoms with E-state index in [4.69, 9.17) is 4.74 Å². The van der Waals surface area contributed by atoms with E-state index in [1.54, 1.807) is 25.3 Å². The number of rotatable bonds is 5. The van der Waals surface area contributed by atoms with Crippen LogP contribution in [-0.2, 0) is 0 Å². The molecular formula is C19H19FN4O. The van der Waals surface area contributed by atoms with Gasteiger partial charge in [0.1, 0.15) is 11.6 Å². The fourth-order valence-electron chi connectivity index (χ4n) is 2.64. The number of nitrogens with zero attached hydrogens (tertiary/aromatic N) is 4. The second-order valence-electron chi connectivity index (χ2n) is 5.65. The minimum atomic E-state index is -0.339. The van der Waals surface area contributed by atoms with Crippen molar-refractivity contribution in [3.8, 4) is 17.0 Å². The van der Waals surface area contributed by atoms with E-state index in [1.807, 2.05) is 43.1 Å². The molecule has 1 unspecified atom stereocenters. The van der Waals surface area contributed by atoms with Crippen molar-refractivity contribution >= 4 is 5.95 Å². The van der Waals surface area contributed by atoms with Crippen LogP contribution in [0, 0.1) is 5.82 Å². The average Bonchev–Trinajstić information content (AvgIpc) is 2.67. The second-order valence-corrected chi connectivity index (χ2v) is 5.65. The summed E-state index contributed by atoms with van der Waals surface area (Å²) in [6.45, 7) is 2.02. The Morgan fingerprint density at radius 3 is 2.56 bits per heavy atom. The molecule has 3 rings (SSSR count). The zero-order valence-corrected chi connectivity index (χ0v) is 14.3. The number of methoxy groups -OCH3 is 1. The van der Waals surface area contributed by atoms with E-state index >= 15 is 0 Å². The Balaban J connectivity index is 1.94. The van der Waals surface area contributed by atoms with E-state index < -0.39 is 0 Å². The van der Waals surface area contributed by atoms with Crippen LogP contribution in [0.1, 0.15) is 18.5 Å². The van der Waals surface area contributed by atoms with E-state index in [9.17, 15) is 4.39 Å². The smallest absolute Gasteiger partial charge is 0.246 e. The molecule has 2 aromatic carbocycles. The molecule has 0 amide bonds. The third-order valence-corrected chi connectivity index (χ3v) is 4.18. The summed E-state index contributed by atoms with van der Waals surface area (Å²) in [5.41, 5.74) is 1.85. The number of hydrogen-bond acceptors (Lipinski definition) is 5. The summed E-state index contributed by atoms with van der Waals surface area (Å²) in [6.07, 6.45) is 1.46. The number of benzene rings is 2. The number of aromatic nitrogens is 3. The number of hydrogen-bond donors (Lipinski definition) is 0. The average molecular weight is 338 g/mol. The molecule has 0 saturated heterocycles. The highest BCUT2D eigenvalue weighted by atomic mass is 19.1. The topological polar surface area (TPSA) is 51.1 Å². The van der Waals surface area contributed by atoms with Crippen LogP contribution in [0.5, 0.6) is 5.75 Å². The summed E-state index contributed by atoms with van der Waals surface area (Å²) in [4.78, 5) is 6.36. The van der Waals surface area contributed by atoms with Crippen LogP contribution in [-0.4, -0.2) is 29.3 Å². The summed E-state index contributed by atoms with van der Waals surface area (Å²) in [5.74, 6) is 0.869. The van der Waals surface area contributed by atoms with E-state index in [0.29, 0.717) is 17.2 Å². The number of para-hydroxylation sites is 1. The van der Waals surface area contributed by atoms with Crippen molar-refractivity contribution < 1.29 is 9.13 Å². The first-order chi connectivity index (χ1) is 12.1. The van der Waals surface area contributed by atoms with Crippen molar-refractivity contribution in [2.75, 3.05) is 19.1 Å². The fourth-order valence-corrected chi connectivity index (χ4v) is 2.64. The molecule has 1 aromatic heterocycles. The first-order valence-electron chi connectivity index (χ1n) is 7.92. The molecule has 6 heteroatoms. The Hall–Kier alpha value is -3.02. The van der Waals surface area contributed by atoms with Crippen molar-refractivity contribution in [1.29, 1.82) is 0 Å². The van der Waals surface area contributed by atoms with E-state index in [1.165, 1.54) is 12.3 Å². The first-order valence-corrected chi connectivity index (χ1v) is 7.92. The molecule has 0 saturated carbocycles. The van der Waals surface area contributed by atoms with Gasteiger partial charge in [-0.25, -0.2) is 9.37 Å². The molecule has 3 aromatic rings. The summed E-state index contributed by atoms with van der Waals surface area (Å²) in [5, 5.41) is 8.09. The van der Waals surface area contributed by atoms with E-state index in [-0.39, 0.29) is 11.9 Å². The Kier molecular flexibility index (Phi) is 4.88. The maximum atomic E-state index is 14.0. The summed E-state index contributed by atoms with van der Waals surface area (Å²) in [6, 6.07) is 14.2. The van der Waals surface area contributed by atoms with Crippen molar-refractivity contribution in [2.45, 2.75) is 13.0 Å². The molecule has 1 atom stereocenters. The molecule has 0 radical (unpaired) electrons. The lowest BCUT2D eigenvalue weighted by Crippen LogP contribution is -2.24. The normalized spacial score (nSPS) is 11.8. The van der Waals surface area contributed by atoms with Crippen LogP contribution in [0.4, 0.5) is 10.3 Å². The molecule has 128 valence electrons. The third kappa shape index (κ3) is 3.42. The Bertz CT molecular complexity index is 871. The number of halogens is 1. The van der Waals surface area contributed by atoms with Gasteiger partial charge in [-0.1, -0.05) is 30.3 Å². The van der Waals surface area contributed by atoms with Gasteiger partial charge in [0, 0.05) is 18.2 Å². The highest BCUT2D eigenvalue weighted by Gasteiger charge is 2.19. The maximum Gasteiger partial charge on any atom is 0.246 e. The number of ether oxygens (including phenoxy) is 1. The monoisotopic (exact) mass is 338 g/mol. The molecule has 25 heavy (non-hydrogen) atoms. The first kappa shape index (κ1) is 16.8. The largest absolute Gasteiger partial charge is 0.496 e. The van der Waals surface area contributed by atoms with Gasteiger partial charge >= 0.3 is 0 Å². The summed E-state index contributed by atoms with van der Waals surface area (Å²) in [7, 11) is 3.52. The minimum Gasteiger partial charge on any atom is -0.496 e. The van der Waals surface area contributed by atoms with Gasteiger partial charge in [0.15, 0.2) is 0 Å². The van der Waals surface area contributed by atoms with Gasteiger partial charge in [-0.2, -0.15) is 5.10 Å². The molecule has 0 aliphatic carbocycles. The van der Waals surface area contributed by atoms with Crippen LogP contribution in [0.15, 0.2) is 54.7 Å². The molecule has 0 spiro atoms. The molecule has 0 aliphatic heterocycles. The highest BCUT2D eigenvalue weighted by Crippen LogP contribution is 2.30. The van der Waals surface area contributed by atoms with Gasteiger partial charge in [0.25, 0.3) is 0 Å². The molecule has 0 bridgehead atoms. The maximum absolute atomic E-state index is 14.0. The zero-order chi connectivity index (χ0) is 17.8. The summed E-state index contributed by atoms with van der Waals surface area (Å²) < 4.78 is 19.4. The lowest BCUT2D eigenvalue weighted by molar-refractivity contribution is 0.406. The lowest BCUT2D eigenvalue weighted by atomic mass is 10.1. The van der Waals surface area contributed by atoms with Gasteiger partial charge in [-0.15, -0.1) is 5.10 Å². The second kappa shape index (κ2) is 7.25. The van der Waals surface area contributed by atoms with E-state index in [2.05, 4.69) is 15.2 Å². The van der Waals surface area contributed by atoms with E-state index in [0.717, 1.165) is 11.3 Å². The molecule has 5 nitrogen and oxygen atoms in total. The Morgan fingerprint density at radius 1 is 1.08 bits per heavy atom. The van der Waals surface area contributed by atoms with Crippen molar-refractivity contribution in [3.63, 3.8) is 0 Å². The van der Waals surface area contributed by atoms with Gasteiger partial charge in [-0.05, 0) is 25.1 Å². The third-order valence-electron chi connectivity index (χ3n) is 4.18.